The third-order valence-electron chi connectivity index (χ3n) is 2.10. The Balaban J connectivity index is 2.22. The fourth-order valence-electron chi connectivity index (χ4n) is 1.29. The molecule has 1 aromatic carbocycles. The van der Waals surface area contributed by atoms with E-state index in [1.807, 2.05) is 0 Å². The van der Waals surface area contributed by atoms with E-state index in [2.05, 4.69) is 4.98 Å². The number of pyridine rings is 1. The van der Waals surface area contributed by atoms with Gasteiger partial charge in [0.25, 0.3) is 0 Å². The maximum Gasteiger partial charge on any atom is 0.219 e. The van der Waals surface area contributed by atoms with Crippen LogP contribution >= 0.6 is 0 Å². The minimum Gasteiger partial charge on any atom is -0.439 e. The van der Waals surface area contributed by atoms with Gasteiger partial charge in [0.2, 0.25) is 5.88 Å². The third kappa shape index (κ3) is 2.76. The van der Waals surface area contributed by atoms with Crippen LogP contribution in [0.1, 0.15) is 5.69 Å². The van der Waals surface area contributed by atoms with Gasteiger partial charge in [-0.25, -0.2) is 13.8 Å². The van der Waals surface area contributed by atoms with Gasteiger partial charge in [0.15, 0.2) is 11.6 Å². The predicted octanol–water partition coefficient (Wildman–Crippen LogP) is 2.61. The van der Waals surface area contributed by atoms with Crippen molar-refractivity contribution in [3.8, 4) is 11.6 Å². The summed E-state index contributed by atoms with van der Waals surface area (Å²) in [6, 6.07) is 8.38. The van der Waals surface area contributed by atoms with Crippen molar-refractivity contribution in [3.63, 3.8) is 0 Å². The SMILES string of the molecule is NCc1cccc(Oc2ccc(F)c(F)c2)n1. The van der Waals surface area contributed by atoms with Crippen LogP contribution in [0.5, 0.6) is 11.6 Å². The van der Waals surface area contributed by atoms with Crippen LogP contribution < -0.4 is 10.5 Å². The highest BCUT2D eigenvalue weighted by Crippen LogP contribution is 2.21. The summed E-state index contributed by atoms with van der Waals surface area (Å²) in [5.74, 6) is -1.40. The first kappa shape index (κ1) is 11.5. The van der Waals surface area contributed by atoms with Crippen molar-refractivity contribution >= 4 is 0 Å². The molecule has 1 aromatic heterocycles. The lowest BCUT2D eigenvalue weighted by molar-refractivity contribution is 0.446. The van der Waals surface area contributed by atoms with Crippen molar-refractivity contribution in [1.82, 2.24) is 4.98 Å². The summed E-state index contributed by atoms with van der Waals surface area (Å²) in [6.45, 7) is 0.287. The van der Waals surface area contributed by atoms with E-state index >= 15 is 0 Å². The van der Waals surface area contributed by atoms with Crippen molar-refractivity contribution < 1.29 is 13.5 Å². The van der Waals surface area contributed by atoms with Crippen LogP contribution in [0.2, 0.25) is 0 Å². The van der Waals surface area contributed by atoms with Gasteiger partial charge in [-0.15, -0.1) is 0 Å². The van der Waals surface area contributed by atoms with Crippen LogP contribution in [-0.2, 0) is 6.54 Å². The maximum atomic E-state index is 12.9. The highest BCUT2D eigenvalue weighted by atomic mass is 19.2. The number of rotatable bonds is 3. The van der Waals surface area contributed by atoms with Crippen LogP contribution in [0.4, 0.5) is 8.78 Å². The molecule has 0 aliphatic rings. The molecule has 88 valence electrons. The molecule has 17 heavy (non-hydrogen) atoms. The smallest absolute Gasteiger partial charge is 0.219 e. The van der Waals surface area contributed by atoms with E-state index in [1.54, 1.807) is 18.2 Å². The summed E-state index contributed by atoms with van der Waals surface area (Å²) in [6.07, 6.45) is 0. The Hall–Kier alpha value is -2.01. The molecule has 5 heteroatoms. The Morgan fingerprint density at radius 3 is 2.65 bits per heavy atom. The standard InChI is InChI=1S/C12H10F2N2O/c13-10-5-4-9(6-11(10)14)17-12-3-1-2-8(7-15)16-12/h1-6H,7,15H2. The molecule has 0 amide bonds. The van der Waals surface area contributed by atoms with Crippen LogP contribution in [-0.4, -0.2) is 4.98 Å². The second-order valence-electron chi connectivity index (χ2n) is 3.35. The van der Waals surface area contributed by atoms with Crippen molar-refractivity contribution in [1.29, 1.82) is 0 Å². The second kappa shape index (κ2) is 4.88. The zero-order valence-corrected chi connectivity index (χ0v) is 8.86. The van der Waals surface area contributed by atoms with E-state index in [9.17, 15) is 8.78 Å². The molecule has 2 aromatic rings. The lowest BCUT2D eigenvalue weighted by Crippen LogP contribution is -2.00. The van der Waals surface area contributed by atoms with Gasteiger partial charge in [-0.05, 0) is 18.2 Å². The Morgan fingerprint density at radius 1 is 1.12 bits per heavy atom. The number of nitrogens with two attached hydrogens (primary N) is 1. The molecule has 1 heterocycles. The Labute approximate surface area is 96.9 Å². The van der Waals surface area contributed by atoms with Gasteiger partial charge >= 0.3 is 0 Å². The Bertz CT molecular complexity index is 532. The lowest BCUT2D eigenvalue weighted by Gasteiger charge is -2.06. The molecule has 0 saturated carbocycles. The van der Waals surface area contributed by atoms with Gasteiger partial charge in [0.1, 0.15) is 5.75 Å². The highest BCUT2D eigenvalue weighted by Gasteiger charge is 2.05. The van der Waals surface area contributed by atoms with Crippen LogP contribution in [0, 0.1) is 11.6 Å². The number of aromatic nitrogens is 1. The molecule has 0 bridgehead atoms. The van der Waals surface area contributed by atoms with E-state index in [-0.39, 0.29) is 12.3 Å². The fourth-order valence-corrected chi connectivity index (χ4v) is 1.29. The van der Waals surface area contributed by atoms with E-state index in [0.717, 1.165) is 12.1 Å². The van der Waals surface area contributed by atoms with Crippen LogP contribution in [0.3, 0.4) is 0 Å². The fraction of sp³-hybridized carbons (Fsp3) is 0.0833. The molecule has 0 aliphatic carbocycles. The number of nitrogens with zero attached hydrogens (tertiary/aromatic N) is 1. The first-order valence-electron chi connectivity index (χ1n) is 4.98. The minimum atomic E-state index is -0.961. The minimum absolute atomic E-state index is 0.186. The number of hydrogen-bond donors (Lipinski definition) is 1. The molecule has 0 fully saturated rings. The van der Waals surface area contributed by atoms with Crippen molar-refractivity contribution in [2.75, 3.05) is 0 Å². The molecule has 0 spiro atoms. The van der Waals surface area contributed by atoms with E-state index in [4.69, 9.17) is 10.5 Å². The quantitative estimate of drug-likeness (QED) is 0.891. The monoisotopic (exact) mass is 236 g/mol. The number of ether oxygens (including phenoxy) is 1. The largest absolute Gasteiger partial charge is 0.439 e. The highest BCUT2D eigenvalue weighted by molar-refractivity contribution is 5.28. The van der Waals surface area contributed by atoms with Crippen LogP contribution in [0.25, 0.3) is 0 Å². The number of halogens is 2. The number of benzene rings is 1. The summed E-state index contributed by atoms with van der Waals surface area (Å²) < 4.78 is 30.9. The molecule has 3 nitrogen and oxygen atoms in total. The topological polar surface area (TPSA) is 48.1 Å². The van der Waals surface area contributed by atoms with Crippen LogP contribution in [0.15, 0.2) is 36.4 Å². The van der Waals surface area contributed by atoms with E-state index in [1.165, 1.54) is 6.07 Å². The summed E-state index contributed by atoms with van der Waals surface area (Å²) in [4.78, 5) is 4.08. The molecular weight excluding hydrogens is 226 g/mol. The third-order valence-corrected chi connectivity index (χ3v) is 2.10. The maximum absolute atomic E-state index is 12.9. The first-order chi connectivity index (χ1) is 8.19. The normalized spacial score (nSPS) is 10.3. The van der Waals surface area contributed by atoms with Gasteiger partial charge in [-0.1, -0.05) is 6.07 Å². The average molecular weight is 236 g/mol. The Kier molecular flexibility index (Phi) is 3.30. The van der Waals surface area contributed by atoms with E-state index < -0.39 is 11.6 Å². The van der Waals surface area contributed by atoms with E-state index in [0.29, 0.717) is 11.6 Å². The van der Waals surface area contributed by atoms with Gasteiger partial charge in [0, 0.05) is 18.7 Å². The first-order valence-corrected chi connectivity index (χ1v) is 4.98. The zero-order chi connectivity index (χ0) is 12.3. The molecule has 0 radical (unpaired) electrons. The molecule has 0 unspecified atom stereocenters. The zero-order valence-electron chi connectivity index (χ0n) is 8.86. The van der Waals surface area contributed by atoms with Gasteiger partial charge in [-0.2, -0.15) is 0 Å². The predicted molar refractivity (Wildman–Crippen MR) is 58.6 cm³/mol. The van der Waals surface area contributed by atoms with Crippen molar-refractivity contribution in [2.24, 2.45) is 5.73 Å². The Morgan fingerprint density at radius 2 is 1.94 bits per heavy atom. The molecule has 0 aliphatic heterocycles. The van der Waals surface area contributed by atoms with Gasteiger partial charge in [-0.3, -0.25) is 0 Å². The average Bonchev–Trinajstić information content (AvgIpc) is 2.34. The molecular formula is C12H10F2N2O. The molecule has 0 atom stereocenters. The molecule has 2 N–H and O–H groups in total. The van der Waals surface area contributed by atoms with Crippen molar-refractivity contribution in [3.05, 3.63) is 53.7 Å². The molecule has 2 rings (SSSR count). The second-order valence-corrected chi connectivity index (χ2v) is 3.35. The van der Waals surface area contributed by atoms with Gasteiger partial charge < -0.3 is 10.5 Å². The summed E-state index contributed by atoms with van der Waals surface area (Å²) in [5.41, 5.74) is 6.09. The molecule has 0 saturated heterocycles. The summed E-state index contributed by atoms with van der Waals surface area (Å²) >= 11 is 0. The van der Waals surface area contributed by atoms with Crippen molar-refractivity contribution in [2.45, 2.75) is 6.54 Å². The summed E-state index contributed by atoms with van der Waals surface area (Å²) in [5, 5.41) is 0. The lowest BCUT2D eigenvalue weighted by atomic mass is 10.3. The number of hydrogen-bond acceptors (Lipinski definition) is 3. The summed E-state index contributed by atoms with van der Waals surface area (Å²) in [7, 11) is 0. The van der Waals surface area contributed by atoms with Gasteiger partial charge in [0.05, 0.1) is 5.69 Å².